The van der Waals surface area contributed by atoms with Gasteiger partial charge in [-0.2, -0.15) is 6.92 Å². The molecule has 106 valence electrons. The third-order valence-electron chi connectivity index (χ3n) is 1.38. The summed E-state index contributed by atoms with van der Waals surface area (Å²) in [7, 11) is 0. The van der Waals surface area contributed by atoms with Gasteiger partial charge < -0.3 is 48.6 Å². The van der Waals surface area contributed by atoms with Crippen molar-refractivity contribution in [3.05, 3.63) is 0 Å². The number of aliphatic hydroxyl groups is 5. The molecule has 17 heavy (non-hydrogen) atoms. The fourth-order valence-electron chi connectivity index (χ4n) is 0.592. The first-order valence-electron chi connectivity index (χ1n) is 3.95. The van der Waals surface area contributed by atoms with Crippen molar-refractivity contribution in [3.63, 3.8) is 0 Å². The Bertz CT molecular complexity index is 183. The number of carbonyl (C=O) groups excluding carboxylic acids is 2. The minimum Gasteiger partial charge on any atom is -0.813 e. The van der Waals surface area contributed by atoms with Gasteiger partial charge in [-0.15, -0.1) is 0 Å². The van der Waals surface area contributed by atoms with Gasteiger partial charge in [-0.3, -0.25) is 6.29 Å². The van der Waals surface area contributed by atoms with Crippen molar-refractivity contribution >= 4 is 26.1 Å². The summed E-state index contributed by atoms with van der Waals surface area (Å²) in [4.78, 5) is 18.5. The average Bonchev–Trinajstić information content (AvgIpc) is 2.25. The van der Waals surface area contributed by atoms with Gasteiger partial charge in [-0.05, 0) is 6.10 Å². The smallest absolute Gasteiger partial charge is 0.813 e. The van der Waals surface area contributed by atoms with Crippen molar-refractivity contribution in [2.24, 2.45) is 0 Å². The van der Waals surface area contributed by atoms with Crippen LogP contribution in [0.3, 0.4) is 0 Å². The zero-order chi connectivity index (χ0) is 12.4. The molecule has 0 aliphatic heterocycles. The molecule has 0 aliphatic rings. The predicted octanol–water partition coefficient (Wildman–Crippen LogP) is -3.62. The minimum atomic E-state index is -1.89. The van der Waals surface area contributed by atoms with E-state index in [0.29, 0.717) is 0 Å². The summed E-state index contributed by atoms with van der Waals surface area (Å²) in [5.74, 6) is 0. The summed E-state index contributed by atoms with van der Waals surface area (Å²) < 4.78 is 0. The maximum absolute atomic E-state index is 9.77. The number of thiol groups is 1. The fraction of sp³-hybridized carbons (Fsp3) is 0.750. The SMILES string of the molecule is C[C-]=O.O=[C-][C@H](O)[C@@H](O)[C@H](O)[C@H](O)CO.[Au+3].[SH-]. The van der Waals surface area contributed by atoms with E-state index in [9.17, 15) is 4.79 Å². The topological polar surface area (TPSA) is 135 Å². The molecule has 0 fully saturated rings. The molecule has 0 aromatic rings. The van der Waals surface area contributed by atoms with Crippen molar-refractivity contribution in [3.8, 4) is 0 Å². The Kier molecular flexibility index (Phi) is 24.8. The standard InChI is InChI=1S/C6H11O6.C2H3O.Au.H2S/c7-1-3(9)5(11)6(12)4(10)2-8;1-2-3;;/h3-7,9-12H,1H2;1H3;;1H2/q2*-1;+3;/p-1/t3-,4+,5-,6-;;;/m1.../s1. The Morgan fingerprint density at radius 2 is 1.41 bits per heavy atom. The molecule has 0 saturated carbocycles. The summed E-state index contributed by atoms with van der Waals surface area (Å²) in [5, 5.41) is 43.4. The monoisotopic (exact) mass is 452 g/mol. The number of rotatable bonds is 5. The quantitative estimate of drug-likeness (QED) is 0.125. The van der Waals surface area contributed by atoms with Crippen LogP contribution in [0.4, 0.5) is 0 Å². The van der Waals surface area contributed by atoms with Crippen molar-refractivity contribution < 1.29 is 57.5 Å². The Labute approximate surface area is 121 Å². The molecule has 7 nitrogen and oxygen atoms in total. The molecular weight excluding hydrogens is 437 g/mol. The third-order valence-corrected chi connectivity index (χ3v) is 1.38. The minimum absolute atomic E-state index is 0. The maximum atomic E-state index is 9.77. The van der Waals surface area contributed by atoms with E-state index in [4.69, 9.17) is 30.3 Å². The third kappa shape index (κ3) is 12.5. The summed E-state index contributed by atoms with van der Waals surface area (Å²) in [6.07, 6.45) is -4.57. The first-order chi connectivity index (χ1) is 6.95. The van der Waals surface area contributed by atoms with Gasteiger partial charge in [0.05, 0.1) is 12.7 Å². The molecule has 0 heterocycles. The molecule has 0 aromatic carbocycles. The van der Waals surface area contributed by atoms with Gasteiger partial charge in [0, 0.05) is 0 Å². The normalized spacial score (nSPS) is 15.6. The van der Waals surface area contributed by atoms with E-state index in [1.54, 1.807) is 0 Å². The number of aliphatic hydroxyl groups excluding tert-OH is 5. The largest absolute Gasteiger partial charge is 3.00 e. The molecule has 0 rings (SSSR count). The van der Waals surface area contributed by atoms with Crippen LogP contribution >= 0.6 is 0 Å². The molecule has 0 radical (unpaired) electrons. The molecule has 4 atom stereocenters. The second-order valence-corrected chi connectivity index (χ2v) is 2.50. The molecule has 5 N–H and O–H groups in total. The van der Waals surface area contributed by atoms with Crippen LogP contribution in [-0.2, 0) is 45.5 Å². The summed E-state index contributed by atoms with van der Waals surface area (Å²) in [5.41, 5.74) is 0. The zero-order valence-corrected chi connectivity index (χ0v) is 11.9. The number of hydrogen-bond acceptors (Lipinski definition) is 8. The Morgan fingerprint density at radius 3 is 1.65 bits per heavy atom. The van der Waals surface area contributed by atoms with Crippen LogP contribution in [0.2, 0.25) is 0 Å². The van der Waals surface area contributed by atoms with Crippen molar-refractivity contribution in [2.75, 3.05) is 6.61 Å². The fourth-order valence-corrected chi connectivity index (χ4v) is 0.592. The van der Waals surface area contributed by atoms with Crippen LogP contribution < -0.4 is 0 Å². The Balaban J connectivity index is -0.000000152. The molecule has 0 bridgehead atoms. The second-order valence-electron chi connectivity index (χ2n) is 2.50. The number of hydrogen-bond donors (Lipinski definition) is 5. The van der Waals surface area contributed by atoms with Gasteiger partial charge in [0.25, 0.3) is 0 Å². The van der Waals surface area contributed by atoms with E-state index >= 15 is 0 Å². The van der Waals surface area contributed by atoms with Crippen LogP contribution in [0.15, 0.2) is 0 Å². The summed E-state index contributed by atoms with van der Waals surface area (Å²) in [6, 6.07) is 0. The first kappa shape index (κ1) is 25.9. The van der Waals surface area contributed by atoms with Crippen molar-refractivity contribution in [1.82, 2.24) is 0 Å². The average molecular weight is 452 g/mol. The first-order valence-corrected chi connectivity index (χ1v) is 3.95. The Morgan fingerprint density at radius 1 is 1.06 bits per heavy atom. The van der Waals surface area contributed by atoms with Crippen LogP contribution in [0.25, 0.3) is 0 Å². The van der Waals surface area contributed by atoms with E-state index < -0.39 is 31.0 Å². The van der Waals surface area contributed by atoms with Crippen LogP contribution in [0.1, 0.15) is 6.92 Å². The van der Waals surface area contributed by atoms with E-state index in [0.717, 1.165) is 6.29 Å². The van der Waals surface area contributed by atoms with Crippen molar-refractivity contribution in [2.45, 2.75) is 31.3 Å². The van der Waals surface area contributed by atoms with Crippen LogP contribution in [0.5, 0.6) is 0 Å². The second kappa shape index (κ2) is 16.2. The molecule has 0 saturated heterocycles. The molecule has 0 amide bonds. The van der Waals surface area contributed by atoms with Crippen molar-refractivity contribution in [1.29, 1.82) is 0 Å². The molecular formula is C8H15AuO7S. The van der Waals surface area contributed by atoms with Crippen LogP contribution in [0, 0.1) is 0 Å². The molecule has 0 spiro atoms. The van der Waals surface area contributed by atoms with Crippen LogP contribution in [-0.4, -0.2) is 69.1 Å². The van der Waals surface area contributed by atoms with E-state index in [1.807, 2.05) is 0 Å². The van der Waals surface area contributed by atoms with Gasteiger partial charge in [-0.1, -0.05) is 0 Å². The molecule has 9 heteroatoms. The van der Waals surface area contributed by atoms with E-state index in [2.05, 4.69) is 0 Å². The van der Waals surface area contributed by atoms with Gasteiger partial charge in [-0.25, -0.2) is 6.29 Å². The molecule has 0 aliphatic carbocycles. The van der Waals surface area contributed by atoms with Gasteiger partial charge in [0.1, 0.15) is 12.2 Å². The summed E-state index contributed by atoms with van der Waals surface area (Å²) in [6.45, 7) is 0.545. The zero-order valence-electron chi connectivity index (χ0n) is 8.82. The van der Waals surface area contributed by atoms with Gasteiger partial charge >= 0.3 is 22.4 Å². The van der Waals surface area contributed by atoms with E-state index in [1.165, 1.54) is 13.2 Å². The maximum Gasteiger partial charge on any atom is 3.00 e. The summed E-state index contributed by atoms with van der Waals surface area (Å²) >= 11 is 0. The van der Waals surface area contributed by atoms with E-state index in [-0.39, 0.29) is 35.9 Å². The predicted molar refractivity (Wildman–Crippen MR) is 56.9 cm³/mol. The molecule has 0 aromatic heterocycles. The Hall–Kier alpha value is 0.230. The molecule has 0 unspecified atom stereocenters. The van der Waals surface area contributed by atoms with Gasteiger partial charge in [0.2, 0.25) is 0 Å². The van der Waals surface area contributed by atoms with Gasteiger partial charge in [0.15, 0.2) is 0 Å².